The van der Waals surface area contributed by atoms with E-state index in [0.717, 1.165) is 15.7 Å². The van der Waals surface area contributed by atoms with Gasteiger partial charge in [0, 0.05) is 23.6 Å². The summed E-state index contributed by atoms with van der Waals surface area (Å²) in [5.74, 6) is -0.108. The summed E-state index contributed by atoms with van der Waals surface area (Å²) in [4.78, 5) is 17.2. The molecular weight excluding hydrogens is 308 g/mol. The molecule has 0 aliphatic carbocycles. The van der Waals surface area contributed by atoms with Crippen LogP contribution in [0.1, 0.15) is 21.1 Å². The molecule has 0 fully saturated rings. The number of nitrogens with one attached hydrogen (secondary N) is 1. The van der Waals surface area contributed by atoms with Crippen LogP contribution in [0, 0.1) is 6.92 Å². The number of nitrogens with zero attached hydrogens (tertiary/aromatic N) is 3. The van der Waals surface area contributed by atoms with Crippen LogP contribution >= 0.6 is 22.9 Å². The number of amides is 1. The van der Waals surface area contributed by atoms with Crippen molar-refractivity contribution in [3.63, 3.8) is 0 Å². The Balaban J connectivity index is 1.56. The minimum absolute atomic E-state index is 0.108. The highest BCUT2D eigenvalue weighted by Gasteiger charge is 2.08. The first-order valence-corrected chi connectivity index (χ1v) is 7.67. The van der Waals surface area contributed by atoms with Gasteiger partial charge in [-0.1, -0.05) is 22.9 Å². The summed E-state index contributed by atoms with van der Waals surface area (Å²) in [6.45, 7) is 2.48. The second-order valence-electron chi connectivity index (χ2n) is 4.62. The summed E-state index contributed by atoms with van der Waals surface area (Å²) < 4.78 is 1.77. The molecule has 1 N–H and O–H groups in total. The summed E-state index contributed by atoms with van der Waals surface area (Å²) in [6, 6.07) is 6.82. The van der Waals surface area contributed by atoms with Crippen LogP contribution in [0.3, 0.4) is 0 Å². The number of hydrogen-bond donors (Lipinski definition) is 1. The molecule has 5 nitrogen and oxygen atoms in total. The van der Waals surface area contributed by atoms with Crippen molar-refractivity contribution in [1.29, 1.82) is 0 Å². The van der Waals surface area contributed by atoms with Gasteiger partial charge in [-0.25, -0.2) is 9.50 Å². The summed E-state index contributed by atoms with van der Waals surface area (Å²) >= 11 is 7.33. The second kappa shape index (κ2) is 5.83. The third-order valence-electron chi connectivity index (χ3n) is 2.94. The SMILES string of the molecule is Cc1cn2nc(CCNC(=O)c3ccc(Cl)cc3)sc2n1. The van der Waals surface area contributed by atoms with Gasteiger partial charge >= 0.3 is 0 Å². The Bertz CT molecular complexity index is 746. The van der Waals surface area contributed by atoms with Crippen LogP contribution in [0.2, 0.25) is 5.02 Å². The average molecular weight is 321 g/mol. The van der Waals surface area contributed by atoms with Crippen LogP contribution in [0.15, 0.2) is 30.5 Å². The summed E-state index contributed by atoms with van der Waals surface area (Å²) in [6.07, 6.45) is 2.58. The highest BCUT2D eigenvalue weighted by molar-refractivity contribution is 7.16. The number of carbonyl (C=O) groups is 1. The zero-order valence-electron chi connectivity index (χ0n) is 11.3. The highest BCUT2D eigenvalue weighted by Crippen LogP contribution is 2.14. The van der Waals surface area contributed by atoms with E-state index in [4.69, 9.17) is 11.6 Å². The van der Waals surface area contributed by atoms with E-state index >= 15 is 0 Å². The maximum atomic E-state index is 11.9. The number of benzene rings is 1. The predicted octanol–water partition coefficient (Wildman–Crippen LogP) is 2.73. The van der Waals surface area contributed by atoms with Crippen LogP contribution < -0.4 is 5.32 Å². The van der Waals surface area contributed by atoms with E-state index in [0.29, 0.717) is 23.6 Å². The van der Waals surface area contributed by atoms with Gasteiger partial charge in [0.25, 0.3) is 5.91 Å². The van der Waals surface area contributed by atoms with E-state index in [-0.39, 0.29) is 5.91 Å². The quantitative estimate of drug-likeness (QED) is 0.804. The van der Waals surface area contributed by atoms with Gasteiger partial charge in [0.05, 0.1) is 11.9 Å². The third kappa shape index (κ3) is 3.22. The molecule has 0 atom stereocenters. The zero-order valence-corrected chi connectivity index (χ0v) is 12.9. The normalized spacial score (nSPS) is 11.0. The van der Waals surface area contributed by atoms with Crippen molar-refractivity contribution in [2.75, 3.05) is 6.54 Å². The van der Waals surface area contributed by atoms with Gasteiger partial charge < -0.3 is 5.32 Å². The molecule has 7 heteroatoms. The van der Waals surface area contributed by atoms with E-state index in [9.17, 15) is 4.79 Å². The first kappa shape index (κ1) is 14.0. The van der Waals surface area contributed by atoms with Crippen molar-refractivity contribution >= 4 is 33.8 Å². The average Bonchev–Trinajstić information content (AvgIpc) is 2.96. The van der Waals surface area contributed by atoms with Gasteiger partial charge in [-0.15, -0.1) is 0 Å². The smallest absolute Gasteiger partial charge is 0.251 e. The van der Waals surface area contributed by atoms with Crippen LogP contribution in [0.25, 0.3) is 4.96 Å². The zero-order chi connectivity index (χ0) is 14.8. The Morgan fingerprint density at radius 2 is 2.14 bits per heavy atom. The van der Waals surface area contributed by atoms with Crippen molar-refractivity contribution < 1.29 is 4.79 Å². The van der Waals surface area contributed by atoms with Crippen molar-refractivity contribution in [1.82, 2.24) is 19.9 Å². The van der Waals surface area contributed by atoms with Crippen molar-refractivity contribution in [3.05, 3.63) is 51.7 Å². The molecular formula is C14H13ClN4OS. The Morgan fingerprint density at radius 1 is 1.38 bits per heavy atom. The number of hydrogen-bond acceptors (Lipinski definition) is 4. The van der Waals surface area contributed by atoms with Crippen LogP contribution in [0.4, 0.5) is 0 Å². The topological polar surface area (TPSA) is 59.3 Å². The lowest BCUT2D eigenvalue weighted by Gasteiger charge is -2.03. The van der Waals surface area contributed by atoms with Crippen molar-refractivity contribution in [2.45, 2.75) is 13.3 Å². The maximum absolute atomic E-state index is 11.9. The van der Waals surface area contributed by atoms with Gasteiger partial charge in [-0.3, -0.25) is 4.79 Å². The number of rotatable bonds is 4. The molecule has 1 amide bonds. The van der Waals surface area contributed by atoms with E-state index < -0.39 is 0 Å². The largest absolute Gasteiger partial charge is 0.352 e. The van der Waals surface area contributed by atoms with Gasteiger partial charge in [-0.2, -0.15) is 5.10 Å². The molecule has 0 aliphatic rings. The molecule has 1 aromatic carbocycles. The number of halogens is 1. The van der Waals surface area contributed by atoms with E-state index in [2.05, 4.69) is 15.4 Å². The molecule has 3 rings (SSSR count). The fraction of sp³-hybridized carbons (Fsp3) is 0.214. The number of fused-ring (bicyclic) bond motifs is 1. The molecule has 0 unspecified atom stereocenters. The molecule has 0 spiro atoms. The van der Waals surface area contributed by atoms with Gasteiger partial charge in [-0.05, 0) is 31.2 Å². The standard InChI is InChI=1S/C14H13ClN4OS/c1-9-8-19-14(17-9)21-12(18-19)6-7-16-13(20)10-2-4-11(15)5-3-10/h2-5,8H,6-7H2,1H3,(H,16,20). The Kier molecular flexibility index (Phi) is 3.90. The predicted molar refractivity (Wildman–Crippen MR) is 83.1 cm³/mol. The number of imidazole rings is 1. The maximum Gasteiger partial charge on any atom is 0.251 e. The van der Waals surface area contributed by atoms with E-state index in [1.54, 1.807) is 28.8 Å². The van der Waals surface area contributed by atoms with Crippen LogP contribution in [-0.4, -0.2) is 27.0 Å². The number of carbonyl (C=O) groups excluding carboxylic acids is 1. The molecule has 108 valence electrons. The summed E-state index contributed by atoms with van der Waals surface area (Å²) in [5.41, 5.74) is 1.56. The fourth-order valence-electron chi connectivity index (χ4n) is 1.94. The first-order valence-electron chi connectivity index (χ1n) is 6.47. The molecule has 0 aliphatic heterocycles. The lowest BCUT2D eigenvalue weighted by molar-refractivity contribution is 0.0954. The highest BCUT2D eigenvalue weighted by atomic mass is 35.5. The molecule has 3 aromatic rings. The van der Waals surface area contributed by atoms with E-state index in [1.807, 2.05) is 13.1 Å². The van der Waals surface area contributed by atoms with Crippen molar-refractivity contribution in [2.24, 2.45) is 0 Å². The lowest BCUT2D eigenvalue weighted by Crippen LogP contribution is -2.25. The van der Waals surface area contributed by atoms with Gasteiger partial charge in [0.15, 0.2) is 0 Å². The van der Waals surface area contributed by atoms with E-state index in [1.165, 1.54) is 11.3 Å². The van der Waals surface area contributed by atoms with Gasteiger partial charge in [0.2, 0.25) is 4.96 Å². The molecule has 0 saturated heterocycles. The van der Waals surface area contributed by atoms with Crippen LogP contribution in [0.5, 0.6) is 0 Å². The molecule has 21 heavy (non-hydrogen) atoms. The third-order valence-corrected chi connectivity index (χ3v) is 4.17. The lowest BCUT2D eigenvalue weighted by atomic mass is 10.2. The Hall–Kier alpha value is -1.92. The molecule has 2 heterocycles. The molecule has 0 bridgehead atoms. The molecule has 2 aromatic heterocycles. The van der Waals surface area contributed by atoms with Gasteiger partial charge in [0.1, 0.15) is 5.01 Å². The van der Waals surface area contributed by atoms with Crippen molar-refractivity contribution in [3.8, 4) is 0 Å². The minimum Gasteiger partial charge on any atom is -0.352 e. The molecule has 0 radical (unpaired) electrons. The minimum atomic E-state index is -0.108. The summed E-state index contributed by atoms with van der Waals surface area (Å²) in [5, 5.41) is 8.86. The second-order valence-corrected chi connectivity index (χ2v) is 6.09. The fourth-order valence-corrected chi connectivity index (χ4v) is 2.98. The number of aromatic nitrogens is 3. The summed E-state index contributed by atoms with van der Waals surface area (Å²) in [7, 11) is 0. The van der Waals surface area contributed by atoms with Crippen LogP contribution in [-0.2, 0) is 6.42 Å². The molecule has 0 saturated carbocycles. The number of aryl methyl sites for hydroxylation is 1. The monoisotopic (exact) mass is 320 g/mol. The Morgan fingerprint density at radius 3 is 2.86 bits per heavy atom. The first-order chi connectivity index (χ1) is 10.1. The Labute approximate surface area is 130 Å².